The van der Waals surface area contributed by atoms with Gasteiger partial charge in [0.15, 0.2) is 5.13 Å². The highest BCUT2D eigenvalue weighted by molar-refractivity contribution is 7.93. The van der Waals surface area contributed by atoms with Crippen LogP contribution in [0.2, 0.25) is 5.02 Å². The van der Waals surface area contributed by atoms with Gasteiger partial charge in [-0.3, -0.25) is 14.4 Å². The third-order valence-corrected chi connectivity index (χ3v) is 8.70. The molecule has 2 heterocycles. The fourth-order valence-electron chi connectivity index (χ4n) is 4.57. The number of thiazole rings is 1. The van der Waals surface area contributed by atoms with Crippen molar-refractivity contribution in [2.45, 2.75) is 55.5 Å². The fourth-order valence-corrected chi connectivity index (χ4v) is 6.72. The van der Waals surface area contributed by atoms with Crippen molar-refractivity contribution >= 4 is 50.3 Å². The Morgan fingerprint density at radius 3 is 2.57 bits per heavy atom. The first-order valence-electron chi connectivity index (χ1n) is 11.2. The number of likely N-dealkylation sites (tertiary alicyclic amines) is 1. The summed E-state index contributed by atoms with van der Waals surface area (Å²) in [6.07, 6.45) is 7.34. The zero-order chi connectivity index (χ0) is 25.4. The molecule has 0 bridgehead atoms. The number of piperidine rings is 1. The molecule has 9 nitrogen and oxygen atoms in total. The molecule has 2 fully saturated rings. The Morgan fingerprint density at radius 2 is 1.94 bits per heavy atom. The molecule has 13 heteroatoms. The Kier molecular flexibility index (Phi) is 9.68. The first-order valence-corrected chi connectivity index (χ1v) is 13.9. The van der Waals surface area contributed by atoms with Gasteiger partial charge in [0.25, 0.3) is 16.5 Å². The van der Waals surface area contributed by atoms with E-state index in [2.05, 4.69) is 26.0 Å². The van der Waals surface area contributed by atoms with Crippen molar-refractivity contribution in [1.82, 2.24) is 9.88 Å². The van der Waals surface area contributed by atoms with Crippen LogP contribution in [-0.4, -0.2) is 55.1 Å². The number of nitriles is 1. The Balaban J connectivity index is 0.00000108. The molecule has 1 saturated carbocycles. The molecule has 1 aliphatic carbocycles. The highest BCUT2D eigenvalue weighted by Gasteiger charge is 2.33. The number of sulfonamides is 1. The van der Waals surface area contributed by atoms with Crippen molar-refractivity contribution < 1.29 is 22.7 Å². The Morgan fingerprint density at radius 1 is 1.26 bits per heavy atom. The summed E-state index contributed by atoms with van der Waals surface area (Å²) in [4.78, 5) is 14.1. The van der Waals surface area contributed by atoms with E-state index >= 15 is 0 Å². The van der Waals surface area contributed by atoms with Gasteiger partial charge < -0.3 is 10.4 Å². The van der Waals surface area contributed by atoms with Crippen molar-refractivity contribution in [3.05, 3.63) is 34.5 Å². The molecule has 1 aromatic heterocycles. The zero-order valence-electron chi connectivity index (χ0n) is 18.9. The van der Waals surface area contributed by atoms with E-state index in [9.17, 15) is 12.8 Å². The molecule has 4 rings (SSSR count). The van der Waals surface area contributed by atoms with Crippen LogP contribution >= 0.6 is 22.9 Å². The van der Waals surface area contributed by atoms with E-state index in [0.717, 1.165) is 75.1 Å². The van der Waals surface area contributed by atoms with Gasteiger partial charge in [0, 0.05) is 29.6 Å². The van der Waals surface area contributed by atoms with Crippen molar-refractivity contribution in [1.29, 1.82) is 5.26 Å². The summed E-state index contributed by atoms with van der Waals surface area (Å²) < 4.78 is 42.3. The Hall–Kier alpha value is -2.46. The van der Waals surface area contributed by atoms with Crippen LogP contribution in [0.15, 0.2) is 28.6 Å². The van der Waals surface area contributed by atoms with E-state index in [-0.39, 0.29) is 34.6 Å². The highest BCUT2D eigenvalue weighted by Crippen LogP contribution is 2.34. The molecular weight excluding hydrogens is 517 g/mol. The van der Waals surface area contributed by atoms with Gasteiger partial charge in [0.1, 0.15) is 10.7 Å². The summed E-state index contributed by atoms with van der Waals surface area (Å²) in [7, 11) is -4.15. The molecule has 2 aromatic rings. The van der Waals surface area contributed by atoms with Crippen LogP contribution in [0.4, 0.5) is 15.2 Å². The summed E-state index contributed by atoms with van der Waals surface area (Å²) in [6, 6.07) is 5.02. The quantitative estimate of drug-likeness (QED) is 0.456. The molecule has 3 N–H and O–H groups in total. The Labute approximate surface area is 213 Å². The molecule has 2 aliphatic rings. The van der Waals surface area contributed by atoms with E-state index in [0.29, 0.717) is 5.69 Å². The van der Waals surface area contributed by atoms with Gasteiger partial charge in [-0.05, 0) is 50.9 Å². The lowest BCUT2D eigenvalue weighted by molar-refractivity contribution is -0.122. The van der Waals surface area contributed by atoms with Crippen molar-refractivity contribution in [2.24, 2.45) is 5.92 Å². The van der Waals surface area contributed by atoms with Gasteiger partial charge in [-0.1, -0.05) is 24.4 Å². The van der Waals surface area contributed by atoms with Gasteiger partial charge in [0.05, 0.1) is 16.8 Å². The molecule has 2 atom stereocenters. The number of benzene rings is 1. The smallest absolute Gasteiger partial charge is 0.290 e. The van der Waals surface area contributed by atoms with Crippen LogP contribution < -0.4 is 10.0 Å². The second-order valence-corrected chi connectivity index (χ2v) is 11.3. The van der Waals surface area contributed by atoms with Crippen LogP contribution in [0.25, 0.3) is 0 Å². The first kappa shape index (κ1) is 27.1. The molecule has 0 unspecified atom stereocenters. The lowest BCUT2D eigenvalue weighted by Crippen LogP contribution is -2.51. The molecule has 0 amide bonds. The minimum Gasteiger partial charge on any atom is -0.483 e. The molecule has 190 valence electrons. The van der Waals surface area contributed by atoms with Crippen LogP contribution in [0, 0.1) is 23.1 Å². The molecule has 0 spiro atoms. The lowest BCUT2D eigenvalue weighted by atomic mass is 9.86. The molecule has 0 radical (unpaired) electrons. The van der Waals surface area contributed by atoms with Crippen molar-refractivity contribution in [3.63, 3.8) is 0 Å². The maximum Gasteiger partial charge on any atom is 0.290 e. The maximum absolute atomic E-state index is 14.9. The first-order chi connectivity index (χ1) is 16.8. The third kappa shape index (κ3) is 7.04. The average molecular weight is 544 g/mol. The summed E-state index contributed by atoms with van der Waals surface area (Å²) in [5, 5.41) is 21.4. The molecule has 35 heavy (non-hydrogen) atoms. The van der Waals surface area contributed by atoms with Crippen molar-refractivity contribution in [2.75, 3.05) is 23.1 Å². The average Bonchev–Trinajstić information content (AvgIpc) is 3.34. The van der Waals surface area contributed by atoms with E-state index in [1.807, 2.05) is 0 Å². The third-order valence-electron chi connectivity index (χ3n) is 6.22. The number of hydrogen-bond acceptors (Lipinski definition) is 8. The number of carbonyl (C=O) groups is 1. The van der Waals surface area contributed by atoms with Crippen LogP contribution in [-0.2, 0) is 14.8 Å². The monoisotopic (exact) mass is 543 g/mol. The van der Waals surface area contributed by atoms with E-state index in [1.165, 1.54) is 6.20 Å². The topological polar surface area (TPSA) is 135 Å². The summed E-state index contributed by atoms with van der Waals surface area (Å²) in [5.41, 5.74) is 0.390. The van der Waals surface area contributed by atoms with Crippen molar-refractivity contribution in [3.8, 4) is 6.07 Å². The van der Waals surface area contributed by atoms with E-state index < -0.39 is 20.7 Å². The second-order valence-electron chi connectivity index (χ2n) is 8.35. The molecule has 1 aromatic carbocycles. The van der Waals surface area contributed by atoms with Crippen LogP contribution in [0.3, 0.4) is 0 Å². The van der Waals surface area contributed by atoms with Gasteiger partial charge in [-0.2, -0.15) is 5.26 Å². The number of nitrogens with zero attached hydrogens (tertiary/aromatic N) is 3. The summed E-state index contributed by atoms with van der Waals surface area (Å²) in [5.74, 6) is -0.750. The minimum atomic E-state index is -4.15. The van der Waals surface area contributed by atoms with E-state index in [1.54, 1.807) is 5.38 Å². The fraction of sp³-hybridized carbons (Fsp3) is 0.500. The number of nitrogens with one attached hydrogen (secondary N) is 2. The van der Waals surface area contributed by atoms with Gasteiger partial charge in [0.2, 0.25) is 0 Å². The van der Waals surface area contributed by atoms with Gasteiger partial charge >= 0.3 is 0 Å². The maximum atomic E-state index is 14.9. The number of carboxylic acid groups (broad SMARTS) is 1. The predicted octanol–water partition coefficient (Wildman–Crippen LogP) is 4.40. The Bertz CT molecular complexity index is 1140. The molecule has 1 aliphatic heterocycles. The van der Waals surface area contributed by atoms with Gasteiger partial charge in [-0.25, -0.2) is 17.8 Å². The lowest BCUT2D eigenvalue weighted by Gasteiger charge is -2.43. The van der Waals surface area contributed by atoms with Crippen LogP contribution in [0.5, 0.6) is 0 Å². The molecular formula is C22H27ClFN5O4S2. The van der Waals surface area contributed by atoms with E-state index in [4.69, 9.17) is 26.8 Å². The number of halogens is 2. The summed E-state index contributed by atoms with van der Waals surface area (Å²) >= 11 is 7.50. The largest absolute Gasteiger partial charge is 0.483 e. The zero-order valence-corrected chi connectivity index (χ0v) is 21.3. The number of hydrogen-bond donors (Lipinski definition) is 3. The minimum absolute atomic E-state index is 0.0789. The number of rotatable bonds is 6. The number of anilines is 2. The normalized spacial score (nSPS) is 21.3. The summed E-state index contributed by atoms with van der Waals surface area (Å²) in [6.45, 7) is 1.51. The molecule has 1 saturated heterocycles. The highest BCUT2D eigenvalue weighted by atomic mass is 35.5. The standard InChI is InChI=1S/C21H25ClFN5O2S2.CH2O2/c22-15-11-20(32(29,30)27-21-25-7-10-31-21)16(23)12-18(15)26-17-3-1-2-4-19(17)28-8-5-14(13-24)6-9-28;2-1-3/h7,10-12,14,17,19,26H,1-6,8-9H2,(H,25,27);1H,(H,2,3)/t17-,19-;/m0./s1. The van der Waals surface area contributed by atoms with Crippen LogP contribution in [0.1, 0.15) is 38.5 Å². The van der Waals surface area contributed by atoms with Gasteiger partial charge in [-0.15, -0.1) is 11.3 Å². The predicted molar refractivity (Wildman–Crippen MR) is 133 cm³/mol. The number of aromatic nitrogens is 1. The second kappa shape index (κ2) is 12.5. The SMILES string of the molecule is N#CC1CCN([C@H]2CCCC[C@@H]2Nc2cc(F)c(S(=O)(=O)Nc3nccs3)cc2Cl)CC1.O=CO.